The number of benzene rings is 2. The van der Waals surface area contributed by atoms with Crippen LogP contribution in [0, 0.1) is 0 Å². The van der Waals surface area contributed by atoms with Gasteiger partial charge in [0.1, 0.15) is 0 Å². The van der Waals surface area contributed by atoms with E-state index in [1.807, 2.05) is 48.5 Å². The number of carbonyl (C=O) groups excluding carboxylic acids is 1. The van der Waals surface area contributed by atoms with Crippen LogP contribution in [-0.2, 0) is 16.0 Å². The Bertz CT molecular complexity index is 549. The number of hydrogen-bond donors (Lipinski definition) is 1. The van der Waals surface area contributed by atoms with Gasteiger partial charge in [-0.3, -0.25) is 4.79 Å². The van der Waals surface area contributed by atoms with Gasteiger partial charge in [0.05, 0.1) is 13.5 Å². The first-order chi connectivity index (χ1) is 9.17. The van der Waals surface area contributed by atoms with E-state index in [4.69, 9.17) is 0 Å². The molecule has 19 heavy (non-hydrogen) atoms. The number of nitrogens with one attached hydrogen (secondary N) is 1. The van der Waals surface area contributed by atoms with Crippen LogP contribution in [0.25, 0.3) is 0 Å². The molecule has 0 aliphatic rings. The SMILES string of the molecule is COC(=O)Cc1ccc(Nc2ccc(Br)cc2)cc1. The minimum atomic E-state index is -0.228. The van der Waals surface area contributed by atoms with Gasteiger partial charge in [0.15, 0.2) is 0 Å². The maximum atomic E-state index is 11.1. The first kappa shape index (κ1) is 13.6. The summed E-state index contributed by atoms with van der Waals surface area (Å²) in [5.74, 6) is -0.228. The molecule has 2 aromatic rings. The van der Waals surface area contributed by atoms with E-state index in [9.17, 15) is 4.79 Å². The van der Waals surface area contributed by atoms with Crippen LogP contribution >= 0.6 is 15.9 Å². The van der Waals surface area contributed by atoms with E-state index in [0.29, 0.717) is 6.42 Å². The molecule has 0 aromatic heterocycles. The number of carbonyl (C=O) groups is 1. The Morgan fingerprint density at radius 1 is 1.05 bits per heavy atom. The van der Waals surface area contributed by atoms with E-state index in [1.165, 1.54) is 7.11 Å². The summed E-state index contributed by atoms with van der Waals surface area (Å²) in [5, 5.41) is 3.29. The molecule has 0 bridgehead atoms. The van der Waals surface area contributed by atoms with Gasteiger partial charge in [0.2, 0.25) is 0 Å². The van der Waals surface area contributed by atoms with Crippen molar-refractivity contribution in [1.82, 2.24) is 0 Å². The lowest BCUT2D eigenvalue weighted by molar-refractivity contribution is -0.139. The zero-order chi connectivity index (χ0) is 13.7. The molecule has 3 nitrogen and oxygen atoms in total. The summed E-state index contributed by atoms with van der Waals surface area (Å²) in [5.41, 5.74) is 2.94. The van der Waals surface area contributed by atoms with Gasteiger partial charge in [-0.15, -0.1) is 0 Å². The van der Waals surface area contributed by atoms with Crippen molar-refractivity contribution in [3.8, 4) is 0 Å². The molecule has 4 heteroatoms. The van der Waals surface area contributed by atoms with Gasteiger partial charge >= 0.3 is 5.97 Å². The number of rotatable bonds is 4. The van der Waals surface area contributed by atoms with Crippen molar-refractivity contribution in [3.05, 3.63) is 58.6 Å². The van der Waals surface area contributed by atoms with Crippen LogP contribution < -0.4 is 5.32 Å². The largest absolute Gasteiger partial charge is 0.469 e. The molecule has 1 N–H and O–H groups in total. The molecule has 0 radical (unpaired) electrons. The van der Waals surface area contributed by atoms with Crippen LogP contribution in [-0.4, -0.2) is 13.1 Å². The Kier molecular flexibility index (Phi) is 4.58. The van der Waals surface area contributed by atoms with Crippen LogP contribution in [0.4, 0.5) is 11.4 Å². The van der Waals surface area contributed by atoms with Crippen molar-refractivity contribution >= 4 is 33.3 Å². The van der Waals surface area contributed by atoms with E-state index >= 15 is 0 Å². The second-order valence-corrected chi connectivity index (χ2v) is 5.00. The molecule has 0 fully saturated rings. The summed E-state index contributed by atoms with van der Waals surface area (Å²) in [6, 6.07) is 15.7. The molecule has 0 aliphatic heterocycles. The van der Waals surface area contributed by atoms with Crippen molar-refractivity contribution in [1.29, 1.82) is 0 Å². The molecule has 0 unspecified atom stereocenters. The van der Waals surface area contributed by atoms with Gasteiger partial charge in [-0.25, -0.2) is 0 Å². The second kappa shape index (κ2) is 6.38. The Hall–Kier alpha value is -1.81. The zero-order valence-electron chi connectivity index (χ0n) is 10.5. The maximum absolute atomic E-state index is 11.1. The smallest absolute Gasteiger partial charge is 0.309 e. The third-order valence-electron chi connectivity index (χ3n) is 2.66. The Morgan fingerprint density at radius 3 is 2.11 bits per heavy atom. The van der Waals surface area contributed by atoms with Crippen LogP contribution in [0.5, 0.6) is 0 Å². The van der Waals surface area contributed by atoms with Gasteiger partial charge in [-0.2, -0.15) is 0 Å². The van der Waals surface area contributed by atoms with Gasteiger partial charge < -0.3 is 10.1 Å². The topological polar surface area (TPSA) is 38.3 Å². The normalized spacial score (nSPS) is 10.0. The van der Waals surface area contributed by atoms with Crippen LogP contribution in [0.3, 0.4) is 0 Å². The molecule has 98 valence electrons. The number of halogens is 1. The number of hydrogen-bond acceptors (Lipinski definition) is 3. The van der Waals surface area contributed by atoms with E-state index in [-0.39, 0.29) is 5.97 Å². The van der Waals surface area contributed by atoms with Gasteiger partial charge in [-0.05, 0) is 42.0 Å². The predicted octanol–water partition coefficient (Wildman–Crippen LogP) is 3.91. The van der Waals surface area contributed by atoms with E-state index < -0.39 is 0 Å². The zero-order valence-corrected chi connectivity index (χ0v) is 12.1. The highest BCUT2D eigenvalue weighted by Gasteiger charge is 2.02. The summed E-state index contributed by atoms with van der Waals surface area (Å²) in [7, 11) is 1.39. The van der Waals surface area contributed by atoms with Gasteiger partial charge in [0.25, 0.3) is 0 Å². The van der Waals surface area contributed by atoms with Crippen molar-refractivity contribution < 1.29 is 9.53 Å². The Morgan fingerprint density at radius 2 is 1.58 bits per heavy atom. The lowest BCUT2D eigenvalue weighted by Crippen LogP contribution is -2.04. The van der Waals surface area contributed by atoms with Crippen LogP contribution in [0.1, 0.15) is 5.56 Å². The monoisotopic (exact) mass is 319 g/mol. The first-order valence-corrected chi connectivity index (χ1v) is 6.65. The predicted molar refractivity (Wildman–Crippen MR) is 79.6 cm³/mol. The minimum Gasteiger partial charge on any atom is -0.469 e. The highest BCUT2D eigenvalue weighted by atomic mass is 79.9. The third-order valence-corrected chi connectivity index (χ3v) is 3.19. The standard InChI is InChI=1S/C15H14BrNO2/c1-19-15(18)10-11-2-6-13(7-3-11)17-14-8-4-12(16)5-9-14/h2-9,17H,10H2,1H3. The minimum absolute atomic E-state index is 0.228. The molecule has 0 atom stereocenters. The summed E-state index contributed by atoms with van der Waals surface area (Å²) in [6.07, 6.45) is 0.301. The first-order valence-electron chi connectivity index (χ1n) is 5.86. The highest BCUT2D eigenvalue weighted by Crippen LogP contribution is 2.19. The summed E-state index contributed by atoms with van der Waals surface area (Å²) >= 11 is 3.40. The van der Waals surface area contributed by atoms with Gasteiger partial charge in [-0.1, -0.05) is 28.1 Å². The lowest BCUT2D eigenvalue weighted by atomic mass is 10.1. The average molecular weight is 320 g/mol. The van der Waals surface area contributed by atoms with Crippen molar-refractivity contribution in [2.75, 3.05) is 12.4 Å². The second-order valence-electron chi connectivity index (χ2n) is 4.08. The number of esters is 1. The van der Waals surface area contributed by atoms with Gasteiger partial charge in [0, 0.05) is 15.8 Å². The fraction of sp³-hybridized carbons (Fsp3) is 0.133. The molecule has 0 amide bonds. The lowest BCUT2D eigenvalue weighted by Gasteiger charge is -2.07. The third kappa shape index (κ3) is 4.10. The van der Waals surface area contributed by atoms with Crippen LogP contribution in [0.2, 0.25) is 0 Å². The average Bonchev–Trinajstić information content (AvgIpc) is 2.43. The molecule has 2 aromatic carbocycles. The van der Waals surface area contributed by atoms with Crippen LogP contribution in [0.15, 0.2) is 53.0 Å². The Balaban J connectivity index is 2.02. The molecular formula is C15H14BrNO2. The summed E-state index contributed by atoms with van der Waals surface area (Å²) < 4.78 is 5.68. The van der Waals surface area contributed by atoms with E-state index in [0.717, 1.165) is 21.4 Å². The van der Waals surface area contributed by atoms with Crippen molar-refractivity contribution in [2.24, 2.45) is 0 Å². The Labute approximate surface area is 120 Å². The molecule has 0 spiro atoms. The quantitative estimate of drug-likeness (QED) is 0.868. The number of methoxy groups -OCH3 is 1. The molecule has 0 saturated carbocycles. The van der Waals surface area contributed by atoms with E-state index in [2.05, 4.69) is 26.0 Å². The number of ether oxygens (including phenoxy) is 1. The molecule has 0 aliphatic carbocycles. The molecule has 0 heterocycles. The van der Waals surface area contributed by atoms with E-state index in [1.54, 1.807) is 0 Å². The highest BCUT2D eigenvalue weighted by molar-refractivity contribution is 9.10. The summed E-state index contributed by atoms with van der Waals surface area (Å²) in [4.78, 5) is 11.1. The fourth-order valence-electron chi connectivity index (χ4n) is 1.64. The molecule has 0 saturated heterocycles. The summed E-state index contributed by atoms with van der Waals surface area (Å²) in [6.45, 7) is 0. The maximum Gasteiger partial charge on any atom is 0.309 e. The molecule has 2 rings (SSSR count). The molecular weight excluding hydrogens is 306 g/mol. The fourth-order valence-corrected chi connectivity index (χ4v) is 1.91. The van der Waals surface area contributed by atoms with Crippen molar-refractivity contribution in [2.45, 2.75) is 6.42 Å². The number of anilines is 2. The van der Waals surface area contributed by atoms with Crippen molar-refractivity contribution in [3.63, 3.8) is 0 Å².